The Balaban J connectivity index is 0.00000338. The number of guanidine groups is 1. The summed E-state index contributed by atoms with van der Waals surface area (Å²) in [6.45, 7) is 9.48. The topological polar surface area (TPSA) is 58.1 Å². The van der Waals surface area contributed by atoms with Gasteiger partial charge in [-0.25, -0.2) is 0 Å². The highest BCUT2D eigenvalue weighted by molar-refractivity contribution is 14.0. The van der Waals surface area contributed by atoms with Crippen LogP contribution < -0.4 is 15.4 Å². The second-order valence-electron chi connectivity index (χ2n) is 6.41. The normalized spacial score (nSPS) is 19.3. The van der Waals surface area contributed by atoms with E-state index in [0.717, 1.165) is 51.0 Å². The zero-order chi connectivity index (χ0) is 17.9. The molecule has 1 aromatic carbocycles. The van der Waals surface area contributed by atoms with Crippen LogP contribution in [0.5, 0.6) is 5.75 Å². The number of benzene rings is 1. The monoisotopic (exact) mass is 476 g/mol. The van der Waals surface area contributed by atoms with E-state index in [4.69, 9.17) is 9.47 Å². The number of para-hydroxylation sites is 1. The predicted octanol–water partition coefficient (Wildman–Crippen LogP) is 2.35. The molecule has 2 N–H and O–H groups in total. The van der Waals surface area contributed by atoms with Crippen molar-refractivity contribution in [2.75, 3.05) is 46.5 Å². The van der Waals surface area contributed by atoms with Gasteiger partial charge in [0, 0.05) is 38.8 Å². The first-order valence-corrected chi connectivity index (χ1v) is 9.16. The van der Waals surface area contributed by atoms with Crippen LogP contribution in [0.15, 0.2) is 35.3 Å². The molecule has 1 aromatic rings. The maximum atomic E-state index is 5.69. The summed E-state index contributed by atoms with van der Waals surface area (Å²) in [6.07, 6.45) is 0.922. The average Bonchev–Trinajstić information content (AvgIpc) is 2.65. The van der Waals surface area contributed by atoms with Crippen LogP contribution in [0.3, 0.4) is 0 Å². The highest BCUT2D eigenvalue weighted by atomic mass is 127. The van der Waals surface area contributed by atoms with Gasteiger partial charge in [0.05, 0.1) is 19.8 Å². The summed E-state index contributed by atoms with van der Waals surface area (Å²) >= 11 is 0. The Morgan fingerprint density at radius 1 is 1.35 bits per heavy atom. The summed E-state index contributed by atoms with van der Waals surface area (Å²) in [5, 5.41) is 6.75. The molecule has 0 saturated carbocycles. The molecular formula is C19H33IN4O2. The van der Waals surface area contributed by atoms with Gasteiger partial charge in [-0.05, 0) is 32.4 Å². The van der Waals surface area contributed by atoms with Crippen molar-refractivity contribution in [3.05, 3.63) is 30.3 Å². The SMILES string of the molecule is CN=C(NCCCOc1ccccc1)NCC(C)N1CCOCC1C.I. The van der Waals surface area contributed by atoms with Crippen molar-refractivity contribution in [3.8, 4) is 5.75 Å². The zero-order valence-electron chi connectivity index (χ0n) is 16.1. The molecule has 1 aliphatic heterocycles. The molecule has 0 bridgehead atoms. The number of halogens is 1. The first-order chi connectivity index (χ1) is 12.2. The Hall–Kier alpha value is -1.06. The van der Waals surface area contributed by atoms with E-state index in [-0.39, 0.29) is 24.0 Å². The van der Waals surface area contributed by atoms with Crippen LogP contribution in [0.4, 0.5) is 0 Å². The summed E-state index contributed by atoms with van der Waals surface area (Å²) in [5.74, 6) is 1.76. The van der Waals surface area contributed by atoms with Gasteiger partial charge in [-0.2, -0.15) is 0 Å². The number of rotatable bonds is 8. The molecular weight excluding hydrogens is 443 g/mol. The standard InChI is InChI=1S/C19H32N4O2.HI/c1-16(23-11-13-24-15-17(23)2)14-22-19(20-3)21-10-7-12-25-18-8-5-4-6-9-18;/h4-6,8-9,16-17H,7,10-15H2,1-3H3,(H2,20,21,22);1H. The van der Waals surface area contributed by atoms with Crippen LogP contribution in [0.2, 0.25) is 0 Å². The van der Waals surface area contributed by atoms with Crippen molar-refractivity contribution in [2.45, 2.75) is 32.4 Å². The van der Waals surface area contributed by atoms with Crippen molar-refractivity contribution in [3.63, 3.8) is 0 Å². The molecule has 26 heavy (non-hydrogen) atoms. The predicted molar refractivity (Wildman–Crippen MR) is 118 cm³/mol. The lowest BCUT2D eigenvalue weighted by atomic mass is 10.2. The van der Waals surface area contributed by atoms with Crippen molar-refractivity contribution < 1.29 is 9.47 Å². The van der Waals surface area contributed by atoms with E-state index in [1.165, 1.54) is 0 Å². The molecule has 0 radical (unpaired) electrons. The second kappa shape index (κ2) is 13.2. The molecule has 1 aliphatic rings. The molecule has 148 valence electrons. The lowest BCUT2D eigenvalue weighted by molar-refractivity contribution is -0.0174. The lowest BCUT2D eigenvalue weighted by Gasteiger charge is -2.38. The fraction of sp³-hybridized carbons (Fsp3) is 0.632. The van der Waals surface area contributed by atoms with Crippen LogP contribution in [0, 0.1) is 0 Å². The van der Waals surface area contributed by atoms with Crippen molar-refractivity contribution in [1.29, 1.82) is 0 Å². The van der Waals surface area contributed by atoms with Crippen molar-refractivity contribution >= 4 is 29.9 Å². The van der Waals surface area contributed by atoms with Gasteiger partial charge in [0.15, 0.2) is 5.96 Å². The molecule has 0 aromatic heterocycles. The third kappa shape index (κ3) is 8.09. The van der Waals surface area contributed by atoms with Gasteiger partial charge >= 0.3 is 0 Å². The summed E-state index contributed by atoms with van der Waals surface area (Å²) in [4.78, 5) is 6.77. The summed E-state index contributed by atoms with van der Waals surface area (Å²) in [7, 11) is 1.80. The molecule has 0 spiro atoms. The third-order valence-electron chi connectivity index (χ3n) is 4.40. The highest BCUT2D eigenvalue weighted by Crippen LogP contribution is 2.10. The molecule has 1 fully saturated rings. The lowest BCUT2D eigenvalue weighted by Crippen LogP contribution is -2.53. The first-order valence-electron chi connectivity index (χ1n) is 9.16. The van der Waals surface area contributed by atoms with Crippen LogP contribution in [0.25, 0.3) is 0 Å². The Kier molecular flexibility index (Phi) is 11.6. The maximum Gasteiger partial charge on any atom is 0.191 e. The fourth-order valence-corrected chi connectivity index (χ4v) is 2.96. The number of nitrogens with zero attached hydrogens (tertiary/aromatic N) is 2. The Bertz CT molecular complexity index is 516. The van der Waals surface area contributed by atoms with Gasteiger partial charge in [0.2, 0.25) is 0 Å². The fourth-order valence-electron chi connectivity index (χ4n) is 2.96. The van der Waals surface area contributed by atoms with E-state index in [0.29, 0.717) is 18.7 Å². The second-order valence-corrected chi connectivity index (χ2v) is 6.41. The van der Waals surface area contributed by atoms with E-state index < -0.39 is 0 Å². The molecule has 2 rings (SSSR count). The van der Waals surface area contributed by atoms with E-state index in [2.05, 4.69) is 34.4 Å². The number of hydrogen-bond acceptors (Lipinski definition) is 4. The van der Waals surface area contributed by atoms with E-state index in [1.54, 1.807) is 7.05 Å². The molecule has 0 aliphatic carbocycles. The van der Waals surface area contributed by atoms with Crippen LogP contribution in [0.1, 0.15) is 20.3 Å². The van der Waals surface area contributed by atoms with Crippen molar-refractivity contribution in [2.24, 2.45) is 4.99 Å². The number of ether oxygens (including phenoxy) is 2. The number of morpholine rings is 1. The molecule has 0 amide bonds. The number of aliphatic imine (C=N–C) groups is 1. The highest BCUT2D eigenvalue weighted by Gasteiger charge is 2.23. The van der Waals surface area contributed by atoms with Crippen LogP contribution in [-0.2, 0) is 4.74 Å². The van der Waals surface area contributed by atoms with Crippen LogP contribution in [-0.4, -0.2) is 69.4 Å². The molecule has 2 atom stereocenters. The minimum absolute atomic E-state index is 0. The minimum atomic E-state index is 0. The third-order valence-corrected chi connectivity index (χ3v) is 4.40. The van der Waals surface area contributed by atoms with Gasteiger partial charge in [-0.15, -0.1) is 24.0 Å². The van der Waals surface area contributed by atoms with E-state index in [1.807, 2.05) is 30.3 Å². The molecule has 2 unspecified atom stereocenters. The van der Waals surface area contributed by atoms with Gasteiger partial charge in [0.1, 0.15) is 5.75 Å². The summed E-state index contributed by atoms with van der Waals surface area (Å²) in [5.41, 5.74) is 0. The number of nitrogens with one attached hydrogen (secondary N) is 2. The molecule has 7 heteroatoms. The largest absolute Gasteiger partial charge is 0.494 e. The van der Waals surface area contributed by atoms with Gasteiger partial charge < -0.3 is 20.1 Å². The Labute approximate surface area is 174 Å². The van der Waals surface area contributed by atoms with E-state index >= 15 is 0 Å². The Morgan fingerprint density at radius 2 is 2.12 bits per heavy atom. The number of hydrogen-bond donors (Lipinski definition) is 2. The molecule has 1 saturated heterocycles. The minimum Gasteiger partial charge on any atom is -0.494 e. The van der Waals surface area contributed by atoms with Gasteiger partial charge in [-0.1, -0.05) is 18.2 Å². The average molecular weight is 476 g/mol. The Morgan fingerprint density at radius 3 is 2.81 bits per heavy atom. The van der Waals surface area contributed by atoms with Gasteiger partial charge in [-0.3, -0.25) is 9.89 Å². The molecule has 6 nitrogen and oxygen atoms in total. The molecule has 1 heterocycles. The van der Waals surface area contributed by atoms with Crippen LogP contribution >= 0.6 is 24.0 Å². The summed E-state index contributed by atoms with van der Waals surface area (Å²) < 4.78 is 11.2. The smallest absolute Gasteiger partial charge is 0.191 e. The van der Waals surface area contributed by atoms with Crippen molar-refractivity contribution in [1.82, 2.24) is 15.5 Å². The summed E-state index contributed by atoms with van der Waals surface area (Å²) in [6, 6.07) is 10.8. The first kappa shape index (κ1) is 23.0. The van der Waals surface area contributed by atoms with E-state index in [9.17, 15) is 0 Å². The van der Waals surface area contributed by atoms with Gasteiger partial charge in [0.25, 0.3) is 0 Å². The maximum absolute atomic E-state index is 5.69. The quantitative estimate of drug-likeness (QED) is 0.261. The zero-order valence-corrected chi connectivity index (χ0v) is 18.4.